The highest BCUT2D eigenvalue weighted by Gasteiger charge is 2.47. The monoisotopic (exact) mass is 447 g/mol. The fourth-order valence-electron chi connectivity index (χ4n) is 4.04. The van der Waals surface area contributed by atoms with E-state index in [0.717, 1.165) is 11.0 Å². The minimum absolute atomic E-state index is 0.00621. The molecule has 1 saturated heterocycles. The average molecular weight is 447 g/mol. The molecule has 0 bridgehead atoms. The van der Waals surface area contributed by atoms with E-state index in [1.54, 1.807) is 12.1 Å². The van der Waals surface area contributed by atoms with E-state index in [1.807, 2.05) is 0 Å². The molecule has 1 unspecified atom stereocenters. The zero-order valence-corrected chi connectivity index (χ0v) is 17.2. The van der Waals surface area contributed by atoms with Crippen LogP contribution in [0.5, 0.6) is 17.2 Å². The van der Waals surface area contributed by atoms with Crippen molar-refractivity contribution in [1.82, 2.24) is 0 Å². The number of fused-ring (bicyclic) bond motifs is 1. The first-order chi connectivity index (χ1) is 15.9. The molecule has 3 aromatic rings. The molecule has 0 aromatic heterocycles. The van der Waals surface area contributed by atoms with Gasteiger partial charge in [0.1, 0.15) is 30.5 Å². The zero-order chi connectivity index (χ0) is 23.1. The topological polar surface area (TPSA) is 96.3 Å². The van der Waals surface area contributed by atoms with Gasteiger partial charge in [0, 0.05) is 11.3 Å². The summed E-state index contributed by atoms with van der Waals surface area (Å²) in [7, 11) is 0. The van der Waals surface area contributed by atoms with Crippen molar-refractivity contribution in [3.63, 3.8) is 0 Å². The molecule has 0 radical (unpaired) electrons. The van der Waals surface area contributed by atoms with E-state index in [9.17, 15) is 24.2 Å². The number of phenolic OH excluding ortho intramolecular Hbond substituents is 1. The third-order valence-electron chi connectivity index (χ3n) is 5.56. The number of ether oxygens (including phenoxy) is 2. The van der Waals surface area contributed by atoms with Crippen LogP contribution in [0.15, 0.2) is 72.3 Å². The van der Waals surface area contributed by atoms with Crippen molar-refractivity contribution in [2.45, 2.75) is 6.04 Å². The van der Waals surface area contributed by atoms with E-state index < -0.39 is 29.3 Å². The summed E-state index contributed by atoms with van der Waals surface area (Å²) >= 11 is 0. The lowest BCUT2D eigenvalue weighted by molar-refractivity contribution is -0.132. The van der Waals surface area contributed by atoms with Gasteiger partial charge in [-0.1, -0.05) is 18.2 Å². The molecule has 8 heteroatoms. The molecule has 1 amide bonds. The quantitative estimate of drug-likeness (QED) is 0.359. The van der Waals surface area contributed by atoms with Gasteiger partial charge in [0.25, 0.3) is 11.7 Å². The van der Waals surface area contributed by atoms with Crippen LogP contribution in [0.3, 0.4) is 0 Å². The Kier molecular flexibility index (Phi) is 4.97. The van der Waals surface area contributed by atoms with Crippen molar-refractivity contribution in [1.29, 1.82) is 0 Å². The van der Waals surface area contributed by atoms with Crippen molar-refractivity contribution < 1.29 is 33.7 Å². The van der Waals surface area contributed by atoms with Crippen molar-refractivity contribution in [3.8, 4) is 17.2 Å². The van der Waals surface area contributed by atoms with E-state index >= 15 is 0 Å². The Bertz CT molecular complexity index is 1300. The van der Waals surface area contributed by atoms with Gasteiger partial charge in [-0.05, 0) is 54.1 Å². The van der Waals surface area contributed by atoms with Gasteiger partial charge in [-0.3, -0.25) is 14.5 Å². The molecule has 2 heterocycles. The lowest BCUT2D eigenvalue weighted by atomic mass is 9.95. The summed E-state index contributed by atoms with van der Waals surface area (Å²) in [5, 5.41) is 20.9. The minimum atomic E-state index is -1.04. The number of aliphatic hydroxyl groups excluding tert-OH is 1. The van der Waals surface area contributed by atoms with Gasteiger partial charge in [-0.15, -0.1) is 0 Å². The van der Waals surface area contributed by atoms with Crippen molar-refractivity contribution in [2.75, 3.05) is 18.1 Å². The van der Waals surface area contributed by atoms with Gasteiger partial charge < -0.3 is 19.7 Å². The first-order valence-electron chi connectivity index (χ1n) is 10.2. The lowest BCUT2D eigenvalue weighted by Crippen LogP contribution is -2.29. The predicted molar refractivity (Wildman–Crippen MR) is 117 cm³/mol. The van der Waals surface area contributed by atoms with Crippen LogP contribution in [0.25, 0.3) is 5.76 Å². The Balaban J connectivity index is 1.69. The SMILES string of the molecule is O=C1C(=O)N(c2cccc(F)c2)C(c2ccc(O)cc2)/C1=C(/O)c1ccc2c(c1)OCCO2. The first-order valence-corrected chi connectivity index (χ1v) is 10.2. The molecule has 7 nitrogen and oxygen atoms in total. The summed E-state index contributed by atoms with van der Waals surface area (Å²) in [6.07, 6.45) is 0. The molecule has 2 aliphatic rings. The van der Waals surface area contributed by atoms with Crippen LogP contribution in [0, 0.1) is 5.82 Å². The van der Waals surface area contributed by atoms with Crippen LogP contribution in [0.1, 0.15) is 17.2 Å². The van der Waals surface area contributed by atoms with Crippen LogP contribution < -0.4 is 14.4 Å². The highest BCUT2D eigenvalue weighted by Crippen LogP contribution is 2.43. The third-order valence-corrected chi connectivity index (χ3v) is 5.56. The second kappa shape index (κ2) is 7.98. The molecular formula is C25H18FNO6. The normalized spacial score (nSPS) is 19.1. The number of halogens is 1. The smallest absolute Gasteiger partial charge is 0.300 e. The summed E-state index contributed by atoms with van der Waals surface area (Å²) in [4.78, 5) is 27.3. The molecule has 33 heavy (non-hydrogen) atoms. The maximum atomic E-state index is 14.0. The fourth-order valence-corrected chi connectivity index (χ4v) is 4.04. The van der Waals surface area contributed by atoms with Gasteiger partial charge in [-0.2, -0.15) is 0 Å². The third kappa shape index (κ3) is 3.55. The molecule has 2 N–H and O–H groups in total. The molecule has 1 fully saturated rings. The maximum Gasteiger partial charge on any atom is 0.300 e. The van der Waals surface area contributed by atoms with Crippen LogP contribution in [0.2, 0.25) is 0 Å². The largest absolute Gasteiger partial charge is 0.508 e. The molecule has 2 aliphatic heterocycles. The van der Waals surface area contributed by atoms with Gasteiger partial charge in [0.2, 0.25) is 0 Å². The number of nitrogens with zero attached hydrogens (tertiary/aromatic N) is 1. The van der Waals surface area contributed by atoms with Crippen LogP contribution in [-0.4, -0.2) is 35.1 Å². The highest BCUT2D eigenvalue weighted by atomic mass is 19.1. The Morgan fingerprint density at radius 1 is 0.939 bits per heavy atom. The Hall–Kier alpha value is -4.33. The number of benzene rings is 3. The number of phenols is 1. The predicted octanol–water partition coefficient (Wildman–Crippen LogP) is 3.93. The zero-order valence-electron chi connectivity index (χ0n) is 17.2. The van der Waals surface area contributed by atoms with E-state index in [-0.39, 0.29) is 22.6 Å². The molecule has 0 saturated carbocycles. The number of carbonyl (C=O) groups is 2. The Morgan fingerprint density at radius 3 is 2.39 bits per heavy atom. The van der Waals surface area contributed by atoms with Crippen molar-refractivity contribution in [3.05, 3.63) is 89.2 Å². The number of hydrogen-bond donors (Lipinski definition) is 2. The molecule has 3 aromatic carbocycles. The highest BCUT2D eigenvalue weighted by molar-refractivity contribution is 6.51. The van der Waals surface area contributed by atoms with E-state index in [4.69, 9.17) is 9.47 Å². The molecule has 0 spiro atoms. The van der Waals surface area contributed by atoms with Crippen molar-refractivity contribution >= 4 is 23.1 Å². The second-order valence-electron chi connectivity index (χ2n) is 7.60. The van der Waals surface area contributed by atoms with E-state index in [2.05, 4.69) is 0 Å². The van der Waals surface area contributed by atoms with Crippen LogP contribution in [0.4, 0.5) is 10.1 Å². The number of hydrogen-bond acceptors (Lipinski definition) is 6. The second-order valence-corrected chi connectivity index (χ2v) is 7.60. The van der Waals surface area contributed by atoms with Crippen LogP contribution >= 0.6 is 0 Å². The number of rotatable bonds is 3. The summed E-state index contributed by atoms with van der Waals surface area (Å²) in [6, 6.07) is 14.9. The van der Waals surface area contributed by atoms with Gasteiger partial charge in [0.15, 0.2) is 11.5 Å². The van der Waals surface area contributed by atoms with Gasteiger partial charge >= 0.3 is 0 Å². The Morgan fingerprint density at radius 2 is 1.67 bits per heavy atom. The fraction of sp³-hybridized carbons (Fsp3) is 0.120. The number of Topliss-reactive ketones (excluding diaryl/α,β-unsaturated/α-hetero) is 1. The number of anilines is 1. The maximum absolute atomic E-state index is 14.0. The lowest BCUT2D eigenvalue weighted by Gasteiger charge is -2.25. The molecule has 5 rings (SSSR count). The standard InChI is InChI=1S/C25H18FNO6/c26-16-2-1-3-17(13-16)27-22(14-4-7-18(28)8-5-14)21(24(30)25(27)31)23(29)15-6-9-19-20(12-15)33-11-10-32-19/h1-9,12-13,22,28-29H,10-11H2/b23-21-. The van der Waals surface area contributed by atoms with Crippen LogP contribution in [-0.2, 0) is 9.59 Å². The number of ketones is 1. The average Bonchev–Trinajstić information content (AvgIpc) is 3.09. The first kappa shape index (κ1) is 20.6. The molecule has 0 aliphatic carbocycles. The number of aliphatic hydroxyl groups is 1. The minimum Gasteiger partial charge on any atom is -0.508 e. The summed E-state index contributed by atoms with van der Waals surface area (Å²) in [5.74, 6) is -1.89. The Labute approximate surface area is 187 Å². The van der Waals surface area contributed by atoms with E-state index in [1.165, 1.54) is 48.5 Å². The summed E-state index contributed by atoms with van der Waals surface area (Å²) < 4.78 is 25.0. The molecule has 166 valence electrons. The number of amides is 1. The molecular weight excluding hydrogens is 429 g/mol. The summed E-state index contributed by atoms with van der Waals surface area (Å²) in [6.45, 7) is 0.743. The number of aromatic hydroxyl groups is 1. The number of carbonyl (C=O) groups excluding carboxylic acids is 2. The molecule has 1 atom stereocenters. The van der Waals surface area contributed by atoms with Gasteiger partial charge in [-0.25, -0.2) is 4.39 Å². The van der Waals surface area contributed by atoms with Crippen molar-refractivity contribution in [2.24, 2.45) is 0 Å². The van der Waals surface area contributed by atoms with Gasteiger partial charge in [0.05, 0.1) is 11.6 Å². The van der Waals surface area contributed by atoms with E-state index in [0.29, 0.717) is 30.3 Å². The summed E-state index contributed by atoms with van der Waals surface area (Å²) in [5.41, 5.74) is 0.721.